The number of carbonyl (C=O) groups excluding carboxylic acids is 2. The first-order valence-electron chi connectivity index (χ1n) is 6.51. The second-order valence-corrected chi connectivity index (χ2v) is 4.60. The second-order valence-electron chi connectivity index (χ2n) is 4.60. The molecule has 0 radical (unpaired) electrons. The summed E-state index contributed by atoms with van der Waals surface area (Å²) in [6.45, 7) is 3.39. The summed E-state index contributed by atoms with van der Waals surface area (Å²) in [4.78, 5) is 28.7. The van der Waals surface area contributed by atoms with Crippen LogP contribution in [0, 0.1) is 0 Å². The molecule has 0 aliphatic rings. The lowest BCUT2D eigenvalue weighted by atomic mass is 10.2. The summed E-state index contributed by atoms with van der Waals surface area (Å²) in [7, 11) is 3.36. The normalized spacial score (nSPS) is 10.3. The van der Waals surface area contributed by atoms with Crippen molar-refractivity contribution in [3.63, 3.8) is 0 Å². The Hall–Kier alpha value is -1.85. The number of nitrogens with one attached hydrogen (secondary N) is 1. The molecule has 106 valence electrons. The third-order valence-corrected chi connectivity index (χ3v) is 2.77. The fraction of sp³-hybridized carbons (Fsp3) is 0.615. The van der Waals surface area contributed by atoms with Crippen LogP contribution in [0.1, 0.15) is 32.0 Å². The van der Waals surface area contributed by atoms with Gasteiger partial charge in [0.25, 0.3) is 0 Å². The van der Waals surface area contributed by atoms with Crippen LogP contribution in [0.4, 0.5) is 0 Å². The number of rotatable bonds is 7. The molecule has 1 heterocycles. The van der Waals surface area contributed by atoms with E-state index in [1.165, 1.54) is 4.90 Å². The molecule has 0 unspecified atom stereocenters. The SMILES string of the molecule is CCCn1ccnc1CNC(=O)CCC(=O)N(C)C. The molecule has 6 nitrogen and oxygen atoms in total. The number of aromatic nitrogens is 2. The van der Waals surface area contributed by atoms with E-state index in [9.17, 15) is 9.59 Å². The summed E-state index contributed by atoms with van der Waals surface area (Å²) >= 11 is 0. The van der Waals surface area contributed by atoms with Crippen molar-refractivity contribution in [3.8, 4) is 0 Å². The quantitative estimate of drug-likeness (QED) is 0.793. The molecule has 0 saturated carbocycles. The number of imidazole rings is 1. The maximum Gasteiger partial charge on any atom is 0.222 e. The Bertz CT molecular complexity index is 426. The number of hydrogen-bond donors (Lipinski definition) is 1. The van der Waals surface area contributed by atoms with Crippen molar-refractivity contribution in [2.75, 3.05) is 14.1 Å². The highest BCUT2D eigenvalue weighted by Crippen LogP contribution is 2.00. The van der Waals surface area contributed by atoms with Gasteiger partial charge in [0, 0.05) is 45.9 Å². The van der Waals surface area contributed by atoms with Crippen molar-refractivity contribution in [2.24, 2.45) is 0 Å². The topological polar surface area (TPSA) is 67.2 Å². The highest BCUT2D eigenvalue weighted by Gasteiger charge is 2.09. The molecule has 0 aliphatic heterocycles. The fourth-order valence-electron chi connectivity index (χ4n) is 1.66. The highest BCUT2D eigenvalue weighted by atomic mass is 16.2. The number of aryl methyl sites for hydroxylation is 1. The van der Waals surface area contributed by atoms with Crippen LogP contribution in [0.2, 0.25) is 0 Å². The van der Waals surface area contributed by atoms with Gasteiger partial charge >= 0.3 is 0 Å². The molecule has 0 aliphatic carbocycles. The third kappa shape index (κ3) is 5.11. The van der Waals surface area contributed by atoms with E-state index in [2.05, 4.69) is 17.2 Å². The molecule has 1 aromatic heterocycles. The van der Waals surface area contributed by atoms with Crippen molar-refractivity contribution >= 4 is 11.8 Å². The zero-order chi connectivity index (χ0) is 14.3. The highest BCUT2D eigenvalue weighted by molar-refractivity contribution is 5.83. The molecular formula is C13H22N4O2. The van der Waals surface area contributed by atoms with Gasteiger partial charge in [-0.2, -0.15) is 0 Å². The average molecular weight is 266 g/mol. The second kappa shape index (κ2) is 7.56. The molecule has 19 heavy (non-hydrogen) atoms. The molecule has 0 saturated heterocycles. The largest absolute Gasteiger partial charge is 0.349 e. The summed E-state index contributed by atoms with van der Waals surface area (Å²) in [5.41, 5.74) is 0. The van der Waals surface area contributed by atoms with Crippen molar-refractivity contribution < 1.29 is 9.59 Å². The minimum Gasteiger partial charge on any atom is -0.349 e. The van der Waals surface area contributed by atoms with Gasteiger partial charge in [0.15, 0.2) is 0 Å². The maximum absolute atomic E-state index is 11.6. The molecule has 0 fully saturated rings. The molecule has 0 spiro atoms. The van der Waals surface area contributed by atoms with E-state index >= 15 is 0 Å². The van der Waals surface area contributed by atoms with Crippen molar-refractivity contribution in [1.29, 1.82) is 0 Å². The van der Waals surface area contributed by atoms with E-state index < -0.39 is 0 Å². The van der Waals surface area contributed by atoms with Crippen molar-refractivity contribution in [3.05, 3.63) is 18.2 Å². The predicted octanol–water partition coefficient (Wildman–Crippen LogP) is 0.778. The number of nitrogens with zero attached hydrogens (tertiary/aromatic N) is 3. The fourth-order valence-corrected chi connectivity index (χ4v) is 1.66. The number of carbonyl (C=O) groups is 2. The van der Waals surface area contributed by atoms with Gasteiger partial charge in [0.05, 0.1) is 6.54 Å². The Labute approximate surface area is 113 Å². The number of hydrogen-bond acceptors (Lipinski definition) is 3. The van der Waals surface area contributed by atoms with Crippen LogP contribution in [0.5, 0.6) is 0 Å². The van der Waals surface area contributed by atoms with Gasteiger partial charge < -0.3 is 14.8 Å². The minimum atomic E-state index is -0.124. The molecule has 0 aromatic carbocycles. The Morgan fingerprint density at radius 1 is 1.37 bits per heavy atom. The molecule has 0 bridgehead atoms. The van der Waals surface area contributed by atoms with Gasteiger partial charge in [0.1, 0.15) is 5.82 Å². The van der Waals surface area contributed by atoms with E-state index in [1.54, 1.807) is 20.3 Å². The van der Waals surface area contributed by atoms with E-state index in [0.717, 1.165) is 18.8 Å². The minimum absolute atomic E-state index is 0.0392. The standard InChI is InChI=1S/C13H22N4O2/c1-4-8-17-9-7-14-11(17)10-15-12(18)5-6-13(19)16(2)3/h7,9H,4-6,8,10H2,1-3H3,(H,15,18). The van der Waals surface area contributed by atoms with Gasteiger partial charge in [-0.15, -0.1) is 0 Å². The summed E-state index contributed by atoms with van der Waals surface area (Å²) in [6, 6.07) is 0. The smallest absolute Gasteiger partial charge is 0.222 e. The zero-order valence-electron chi connectivity index (χ0n) is 11.8. The predicted molar refractivity (Wildman–Crippen MR) is 72.3 cm³/mol. The Kier molecular flexibility index (Phi) is 6.05. The zero-order valence-corrected chi connectivity index (χ0v) is 11.8. The summed E-state index contributed by atoms with van der Waals surface area (Å²) in [5, 5.41) is 2.79. The van der Waals surface area contributed by atoms with Crippen LogP contribution in [-0.4, -0.2) is 40.4 Å². The van der Waals surface area contributed by atoms with Gasteiger partial charge in [-0.25, -0.2) is 4.98 Å². The molecule has 6 heteroatoms. The monoisotopic (exact) mass is 266 g/mol. The van der Waals surface area contributed by atoms with Crippen LogP contribution in [-0.2, 0) is 22.7 Å². The van der Waals surface area contributed by atoms with E-state index in [0.29, 0.717) is 6.54 Å². The molecular weight excluding hydrogens is 244 g/mol. The first kappa shape index (κ1) is 15.2. The molecule has 0 atom stereocenters. The number of amides is 2. The first-order valence-corrected chi connectivity index (χ1v) is 6.51. The van der Waals surface area contributed by atoms with Crippen LogP contribution in [0.3, 0.4) is 0 Å². The van der Waals surface area contributed by atoms with Crippen molar-refractivity contribution in [1.82, 2.24) is 19.8 Å². The van der Waals surface area contributed by atoms with Gasteiger partial charge in [-0.3, -0.25) is 9.59 Å². The van der Waals surface area contributed by atoms with Gasteiger partial charge in [-0.05, 0) is 6.42 Å². The maximum atomic E-state index is 11.6. The average Bonchev–Trinajstić information content (AvgIpc) is 2.81. The van der Waals surface area contributed by atoms with Crippen LogP contribution in [0.15, 0.2) is 12.4 Å². The summed E-state index contributed by atoms with van der Waals surface area (Å²) < 4.78 is 2.02. The Morgan fingerprint density at radius 3 is 2.74 bits per heavy atom. The first-order chi connectivity index (χ1) is 9.04. The van der Waals surface area contributed by atoms with Gasteiger partial charge in [-0.1, -0.05) is 6.92 Å². The Morgan fingerprint density at radius 2 is 2.11 bits per heavy atom. The lowest BCUT2D eigenvalue weighted by Gasteiger charge is -2.10. The van der Waals surface area contributed by atoms with Crippen LogP contribution < -0.4 is 5.32 Å². The molecule has 1 N–H and O–H groups in total. The molecule has 2 amide bonds. The third-order valence-electron chi connectivity index (χ3n) is 2.77. The van der Waals surface area contributed by atoms with E-state index in [-0.39, 0.29) is 24.7 Å². The van der Waals surface area contributed by atoms with Crippen LogP contribution in [0.25, 0.3) is 0 Å². The molecule has 1 rings (SSSR count). The molecule has 1 aromatic rings. The Balaban J connectivity index is 2.33. The lowest BCUT2D eigenvalue weighted by Crippen LogP contribution is -2.27. The lowest BCUT2D eigenvalue weighted by molar-refractivity contribution is -0.131. The van der Waals surface area contributed by atoms with Crippen molar-refractivity contribution in [2.45, 2.75) is 39.3 Å². The van der Waals surface area contributed by atoms with E-state index in [1.807, 2.05) is 10.8 Å². The van der Waals surface area contributed by atoms with Crippen LogP contribution >= 0.6 is 0 Å². The summed E-state index contributed by atoms with van der Waals surface area (Å²) in [6.07, 6.45) is 5.11. The van der Waals surface area contributed by atoms with E-state index in [4.69, 9.17) is 0 Å². The summed E-state index contributed by atoms with van der Waals surface area (Å²) in [5.74, 6) is 0.679. The van der Waals surface area contributed by atoms with Gasteiger partial charge in [0.2, 0.25) is 11.8 Å².